The normalized spacial score (nSPS) is 10.1. The summed E-state index contributed by atoms with van der Waals surface area (Å²) in [6.45, 7) is 2.16. The van der Waals surface area contributed by atoms with Crippen molar-refractivity contribution >= 4 is 5.71 Å². The standard InChI is InChI=1S/C12H17NO/c1-2-3-4-5-12(13)10-6-8-11(14)9-7-10/h6-9,13-14H,2-5H2,1H3. The van der Waals surface area contributed by atoms with E-state index < -0.39 is 0 Å². The molecule has 2 nitrogen and oxygen atoms in total. The maximum atomic E-state index is 9.08. The average Bonchev–Trinajstić information content (AvgIpc) is 2.19. The topological polar surface area (TPSA) is 44.1 Å². The third-order valence-corrected chi connectivity index (χ3v) is 2.25. The van der Waals surface area contributed by atoms with Crippen molar-refractivity contribution in [2.45, 2.75) is 32.6 Å². The molecule has 0 spiro atoms. The molecule has 0 aliphatic rings. The Morgan fingerprint density at radius 3 is 2.43 bits per heavy atom. The molecule has 1 aromatic carbocycles. The van der Waals surface area contributed by atoms with Gasteiger partial charge in [-0.1, -0.05) is 19.8 Å². The molecule has 0 aliphatic heterocycles. The minimum atomic E-state index is 0.259. The van der Waals surface area contributed by atoms with Gasteiger partial charge in [0.25, 0.3) is 0 Å². The number of hydrogen-bond acceptors (Lipinski definition) is 2. The van der Waals surface area contributed by atoms with Gasteiger partial charge in [0.2, 0.25) is 0 Å². The van der Waals surface area contributed by atoms with E-state index in [0.29, 0.717) is 5.71 Å². The Bertz CT molecular complexity index is 290. The van der Waals surface area contributed by atoms with Crippen LogP contribution in [0.5, 0.6) is 5.75 Å². The van der Waals surface area contributed by atoms with Gasteiger partial charge in [-0.25, -0.2) is 0 Å². The maximum absolute atomic E-state index is 9.08. The van der Waals surface area contributed by atoms with E-state index in [1.54, 1.807) is 24.3 Å². The Hall–Kier alpha value is -1.31. The minimum Gasteiger partial charge on any atom is -0.508 e. The lowest BCUT2D eigenvalue weighted by Crippen LogP contribution is -1.98. The van der Waals surface area contributed by atoms with Crippen LogP contribution < -0.4 is 0 Å². The Labute approximate surface area is 85.1 Å². The lowest BCUT2D eigenvalue weighted by Gasteiger charge is -2.03. The molecule has 0 unspecified atom stereocenters. The predicted octanol–water partition coefficient (Wildman–Crippen LogP) is 3.34. The lowest BCUT2D eigenvalue weighted by atomic mass is 10.0. The summed E-state index contributed by atoms with van der Waals surface area (Å²) in [5.74, 6) is 0.259. The Morgan fingerprint density at radius 2 is 1.86 bits per heavy atom. The molecule has 0 saturated carbocycles. The van der Waals surface area contributed by atoms with E-state index in [4.69, 9.17) is 10.5 Å². The summed E-state index contributed by atoms with van der Waals surface area (Å²) in [5.41, 5.74) is 1.58. The SMILES string of the molecule is CCCCCC(=N)c1ccc(O)cc1. The van der Waals surface area contributed by atoms with Crippen molar-refractivity contribution in [3.05, 3.63) is 29.8 Å². The fourth-order valence-corrected chi connectivity index (χ4v) is 1.36. The third-order valence-electron chi connectivity index (χ3n) is 2.25. The summed E-state index contributed by atoms with van der Waals surface area (Å²) in [6, 6.07) is 6.85. The zero-order chi connectivity index (χ0) is 10.4. The fraction of sp³-hybridized carbons (Fsp3) is 0.417. The van der Waals surface area contributed by atoms with E-state index in [2.05, 4.69) is 6.92 Å². The second-order valence-corrected chi connectivity index (χ2v) is 3.48. The molecule has 0 amide bonds. The van der Waals surface area contributed by atoms with Crippen LogP contribution in [0.2, 0.25) is 0 Å². The molecule has 0 aromatic heterocycles. The van der Waals surface area contributed by atoms with Crippen molar-refractivity contribution in [3.63, 3.8) is 0 Å². The predicted molar refractivity (Wildman–Crippen MR) is 59.1 cm³/mol. The van der Waals surface area contributed by atoms with Crippen molar-refractivity contribution in [1.82, 2.24) is 0 Å². The van der Waals surface area contributed by atoms with Crippen molar-refractivity contribution in [1.29, 1.82) is 5.41 Å². The van der Waals surface area contributed by atoms with E-state index in [-0.39, 0.29) is 5.75 Å². The van der Waals surface area contributed by atoms with Crippen LogP contribution >= 0.6 is 0 Å². The van der Waals surface area contributed by atoms with Gasteiger partial charge in [0.1, 0.15) is 5.75 Å². The zero-order valence-corrected chi connectivity index (χ0v) is 8.59. The van der Waals surface area contributed by atoms with Gasteiger partial charge < -0.3 is 10.5 Å². The van der Waals surface area contributed by atoms with Crippen LogP contribution in [0.15, 0.2) is 24.3 Å². The van der Waals surface area contributed by atoms with Gasteiger partial charge in [0.15, 0.2) is 0 Å². The molecule has 2 N–H and O–H groups in total. The van der Waals surface area contributed by atoms with Crippen molar-refractivity contribution < 1.29 is 5.11 Å². The number of aromatic hydroxyl groups is 1. The molecule has 0 bridgehead atoms. The van der Waals surface area contributed by atoms with Crippen LogP contribution in [0.4, 0.5) is 0 Å². The van der Waals surface area contributed by atoms with Crippen molar-refractivity contribution in [2.75, 3.05) is 0 Å². The molecule has 0 aliphatic carbocycles. The van der Waals surface area contributed by atoms with Crippen LogP contribution in [0, 0.1) is 5.41 Å². The first-order valence-electron chi connectivity index (χ1n) is 5.11. The molecule has 1 rings (SSSR count). The number of rotatable bonds is 5. The molecule has 0 fully saturated rings. The smallest absolute Gasteiger partial charge is 0.115 e. The first-order chi connectivity index (χ1) is 6.74. The summed E-state index contributed by atoms with van der Waals surface area (Å²) in [6.07, 6.45) is 4.28. The molecule has 76 valence electrons. The quantitative estimate of drug-likeness (QED) is 0.544. The highest BCUT2D eigenvalue weighted by molar-refractivity contribution is 5.98. The number of nitrogens with one attached hydrogen (secondary N) is 1. The molecule has 2 heteroatoms. The highest BCUT2D eigenvalue weighted by atomic mass is 16.3. The molecule has 1 aromatic rings. The maximum Gasteiger partial charge on any atom is 0.115 e. The number of hydrogen-bond donors (Lipinski definition) is 2. The second-order valence-electron chi connectivity index (χ2n) is 3.48. The van der Waals surface area contributed by atoms with Crippen LogP contribution in [0.1, 0.15) is 38.2 Å². The van der Waals surface area contributed by atoms with Crippen molar-refractivity contribution in [3.8, 4) is 5.75 Å². The summed E-state index contributed by atoms with van der Waals surface area (Å²) in [5, 5.41) is 16.9. The Balaban J connectivity index is 2.48. The number of unbranched alkanes of at least 4 members (excludes halogenated alkanes) is 2. The summed E-state index contributed by atoms with van der Waals surface area (Å²) in [7, 11) is 0. The van der Waals surface area contributed by atoms with E-state index >= 15 is 0 Å². The van der Waals surface area contributed by atoms with Gasteiger partial charge in [-0.3, -0.25) is 0 Å². The Morgan fingerprint density at radius 1 is 1.21 bits per heavy atom. The molecule has 0 heterocycles. The fourth-order valence-electron chi connectivity index (χ4n) is 1.36. The summed E-state index contributed by atoms with van der Waals surface area (Å²) < 4.78 is 0. The first kappa shape index (κ1) is 10.8. The highest BCUT2D eigenvalue weighted by Gasteiger charge is 2.00. The average molecular weight is 191 g/mol. The lowest BCUT2D eigenvalue weighted by molar-refractivity contribution is 0.475. The van der Waals surface area contributed by atoms with Gasteiger partial charge in [-0.15, -0.1) is 0 Å². The largest absolute Gasteiger partial charge is 0.508 e. The van der Waals surface area contributed by atoms with Crippen molar-refractivity contribution in [2.24, 2.45) is 0 Å². The highest BCUT2D eigenvalue weighted by Crippen LogP contribution is 2.12. The van der Waals surface area contributed by atoms with Crippen LogP contribution in [0.25, 0.3) is 0 Å². The first-order valence-corrected chi connectivity index (χ1v) is 5.11. The molecular formula is C12H17NO. The van der Waals surface area contributed by atoms with Gasteiger partial charge in [0.05, 0.1) is 0 Å². The van der Waals surface area contributed by atoms with Gasteiger partial charge in [-0.05, 0) is 42.7 Å². The second kappa shape index (κ2) is 5.43. The van der Waals surface area contributed by atoms with Crippen LogP contribution in [-0.2, 0) is 0 Å². The zero-order valence-electron chi connectivity index (χ0n) is 8.59. The van der Waals surface area contributed by atoms with E-state index in [1.165, 1.54) is 12.8 Å². The minimum absolute atomic E-state index is 0.259. The van der Waals surface area contributed by atoms with Crippen LogP contribution in [-0.4, -0.2) is 10.8 Å². The van der Waals surface area contributed by atoms with Gasteiger partial charge in [0, 0.05) is 5.71 Å². The molecule has 0 radical (unpaired) electrons. The van der Waals surface area contributed by atoms with Crippen LogP contribution in [0.3, 0.4) is 0 Å². The number of phenolic OH excluding ortho intramolecular Hbond substituents is 1. The van der Waals surface area contributed by atoms with E-state index in [1.807, 2.05) is 0 Å². The summed E-state index contributed by atoms with van der Waals surface area (Å²) in [4.78, 5) is 0. The van der Waals surface area contributed by atoms with Gasteiger partial charge in [-0.2, -0.15) is 0 Å². The summed E-state index contributed by atoms with van der Waals surface area (Å²) >= 11 is 0. The molecular weight excluding hydrogens is 174 g/mol. The molecule has 0 saturated heterocycles. The molecule has 14 heavy (non-hydrogen) atoms. The van der Waals surface area contributed by atoms with E-state index in [0.717, 1.165) is 18.4 Å². The number of phenols is 1. The van der Waals surface area contributed by atoms with Gasteiger partial charge >= 0.3 is 0 Å². The Kier molecular flexibility index (Phi) is 4.17. The third kappa shape index (κ3) is 3.21. The number of benzene rings is 1. The molecule has 0 atom stereocenters. The van der Waals surface area contributed by atoms with E-state index in [9.17, 15) is 0 Å². The monoisotopic (exact) mass is 191 g/mol.